The lowest BCUT2D eigenvalue weighted by Crippen LogP contribution is -2.59. The molecule has 0 radical (unpaired) electrons. The topological polar surface area (TPSA) is 55.1 Å². The van der Waals surface area contributed by atoms with Crippen LogP contribution in [-0.4, -0.2) is 18.0 Å². The molecule has 2 fully saturated rings. The molecule has 0 saturated heterocycles. The first-order valence-electron chi connectivity index (χ1n) is 5.78. The zero-order valence-corrected chi connectivity index (χ0v) is 8.72. The van der Waals surface area contributed by atoms with Gasteiger partial charge < -0.3 is 11.1 Å². The van der Waals surface area contributed by atoms with Crippen molar-refractivity contribution >= 4 is 5.91 Å². The van der Waals surface area contributed by atoms with Crippen molar-refractivity contribution in [3.8, 4) is 0 Å². The van der Waals surface area contributed by atoms with Gasteiger partial charge >= 0.3 is 0 Å². The Morgan fingerprint density at radius 3 is 2.36 bits per heavy atom. The first-order valence-corrected chi connectivity index (χ1v) is 5.78. The van der Waals surface area contributed by atoms with Gasteiger partial charge in [0.05, 0.1) is 5.54 Å². The van der Waals surface area contributed by atoms with Crippen molar-refractivity contribution in [2.24, 2.45) is 11.7 Å². The van der Waals surface area contributed by atoms with Crippen LogP contribution in [0.1, 0.15) is 44.9 Å². The van der Waals surface area contributed by atoms with Crippen LogP contribution in [0.3, 0.4) is 0 Å². The van der Waals surface area contributed by atoms with E-state index in [1.807, 2.05) is 0 Å². The normalized spacial score (nSPS) is 25.8. The molecule has 80 valence electrons. The van der Waals surface area contributed by atoms with E-state index in [2.05, 4.69) is 5.32 Å². The highest BCUT2D eigenvalue weighted by atomic mass is 16.2. The molecule has 3 N–H and O–H groups in total. The van der Waals surface area contributed by atoms with E-state index in [-0.39, 0.29) is 17.4 Å². The lowest BCUT2D eigenvalue weighted by Gasteiger charge is -2.42. The zero-order chi connectivity index (χ0) is 10.0. The number of amides is 1. The number of carbonyl (C=O) groups is 1. The predicted octanol–water partition coefficient (Wildman–Crippen LogP) is 1.17. The summed E-state index contributed by atoms with van der Waals surface area (Å²) >= 11 is 0. The number of nitrogens with two attached hydrogens (primary N) is 1. The second-order valence-electron chi connectivity index (χ2n) is 4.81. The Morgan fingerprint density at radius 1 is 1.29 bits per heavy atom. The number of hydrogen-bond acceptors (Lipinski definition) is 2. The summed E-state index contributed by atoms with van der Waals surface area (Å²) in [5.74, 6) is 0.534. The first kappa shape index (κ1) is 9.97. The van der Waals surface area contributed by atoms with E-state index >= 15 is 0 Å². The van der Waals surface area contributed by atoms with Crippen molar-refractivity contribution < 1.29 is 4.79 Å². The molecule has 2 saturated carbocycles. The minimum Gasteiger partial charge on any atom is -0.349 e. The average molecular weight is 196 g/mol. The Kier molecular flexibility index (Phi) is 2.77. The van der Waals surface area contributed by atoms with Gasteiger partial charge in [0.1, 0.15) is 0 Å². The van der Waals surface area contributed by atoms with Crippen LogP contribution in [0.2, 0.25) is 0 Å². The Balaban J connectivity index is 1.86. The highest BCUT2D eigenvalue weighted by molar-refractivity contribution is 5.79. The van der Waals surface area contributed by atoms with Gasteiger partial charge in [0.2, 0.25) is 5.91 Å². The van der Waals surface area contributed by atoms with E-state index in [4.69, 9.17) is 5.73 Å². The Hall–Kier alpha value is -0.570. The molecule has 1 amide bonds. The summed E-state index contributed by atoms with van der Waals surface area (Å²) in [5.41, 5.74) is 5.67. The van der Waals surface area contributed by atoms with Gasteiger partial charge in [-0.25, -0.2) is 0 Å². The molecule has 3 heteroatoms. The van der Waals surface area contributed by atoms with Crippen molar-refractivity contribution in [1.29, 1.82) is 0 Å². The smallest absolute Gasteiger partial charge is 0.223 e. The highest BCUT2D eigenvalue weighted by Gasteiger charge is 2.38. The summed E-state index contributed by atoms with van der Waals surface area (Å²) in [7, 11) is 0. The van der Waals surface area contributed by atoms with Gasteiger partial charge in [-0.2, -0.15) is 0 Å². The molecule has 0 aromatic heterocycles. The second kappa shape index (κ2) is 3.89. The van der Waals surface area contributed by atoms with E-state index < -0.39 is 0 Å². The van der Waals surface area contributed by atoms with Crippen LogP contribution in [0, 0.1) is 5.92 Å². The van der Waals surface area contributed by atoms with E-state index in [0.29, 0.717) is 6.54 Å². The van der Waals surface area contributed by atoms with Gasteiger partial charge in [0.15, 0.2) is 0 Å². The summed E-state index contributed by atoms with van der Waals surface area (Å²) in [4.78, 5) is 11.8. The van der Waals surface area contributed by atoms with Gasteiger partial charge in [0, 0.05) is 12.5 Å². The maximum Gasteiger partial charge on any atom is 0.223 e. The largest absolute Gasteiger partial charge is 0.349 e. The molecule has 0 aromatic rings. The molecular weight excluding hydrogens is 176 g/mol. The lowest BCUT2D eigenvalue weighted by atomic mass is 9.76. The van der Waals surface area contributed by atoms with Gasteiger partial charge in [-0.15, -0.1) is 0 Å². The molecule has 0 atom stereocenters. The van der Waals surface area contributed by atoms with E-state index in [9.17, 15) is 4.79 Å². The third-order valence-electron chi connectivity index (χ3n) is 3.82. The quantitative estimate of drug-likeness (QED) is 0.712. The van der Waals surface area contributed by atoms with E-state index in [1.54, 1.807) is 0 Å². The highest BCUT2D eigenvalue weighted by Crippen LogP contribution is 2.32. The molecule has 0 unspecified atom stereocenters. The third kappa shape index (κ3) is 1.78. The monoisotopic (exact) mass is 196 g/mol. The SMILES string of the molecule is NCC1(NC(=O)C2CCCC2)CCC1. The maximum atomic E-state index is 11.8. The number of hydrogen-bond donors (Lipinski definition) is 2. The molecule has 2 aliphatic carbocycles. The Labute approximate surface area is 85.4 Å². The fraction of sp³-hybridized carbons (Fsp3) is 0.909. The Bertz CT molecular complexity index is 212. The zero-order valence-electron chi connectivity index (χ0n) is 8.72. The van der Waals surface area contributed by atoms with E-state index in [1.165, 1.54) is 19.3 Å². The predicted molar refractivity (Wildman–Crippen MR) is 55.7 cm³/mol. The van der Waals surface area contributed by atoms with Crippen LogP contribution in [0.15, 0.2) is 0 Å². The van der Waals surface area contributed by atoms with Crippen LogP contribution >= 0.6 is 0 Å². The standard InChI is InChI=1S/C11H20N2O/c12-8-11(6-3-7-11)13-10(14)9-4-1-2-5-9/h9H,1-8,12H2,(H,13,14). The van der Waals surface area contributed by atoms with Gasteiger partial charge in [-0.1, -0.05) is 12.8 Å². The molecule has 0 heterocycles. The molecule has 0 aliphatic heterocycles. The second-order valence-corrected chi connectivity index (χ2v) is 4.81. The molecular formula is C11H20N2O. The van der Waals surface area contributed by atoms with Gasteiger partial charge in [-0.05, 0) is 32.1 Å². The van der Waals surface area contributed by atoms with Crippen LogP contribution in [0.4, 0.5) is 0 Å². The summed E-state index contributed by atoms with van der Waals surface area (Å²) in [6, 6.07) is 0. The fourth-order valence-electron chi connectivity index (χ4n) is 2.54. The van der Waals surface area contributed by atoms with Crippen LogP contribution < -0.4 is 11.1 Å². The van der Waals surface area contributed by atoms with Crippen LogP contribution in [-0.2, 0) is 4.79 Å². The molecule has 2 rings (SSSR count). The lowest BCUT2D eigenvalue weighted by molar-refractivity contribution is -0.127. The first-order chi connectivity index (χ1) is 6.76. The van der Waals surface area contributed by atoms with Crippen LogP contribution in [0.25, 0.3) is 0 Å². The molecule has 0 aromatic carbocycles. The molecule has 2 aliphatic rings. The third-order valence-corrected chi connectivity index (χ3v) is 3.82. The maximum absolute atomic E-state index is 11.8. The summed E-state index contributed by atoms with van der Waals surface area (Å²) in [6.07, 6.45) is 7.94. The van der Waals surface area contributed by atoms with Crippen molar-refractivity contribution in [2.75, 3.05) is 6.54 Å². The van der Waals surface area contributed by atoms with Crippen molar-refractivity contribution in [3.05, 3.63) is 0 Å². The Morgan fingerprint density at radius 2 is 1.93 bits per heavy atom. The summed E-state index contributed by atoms with van der Waals surface area (Å²) < 4.78 is 0. The summed E-state index contributed by atoms with van der Waals surface area (Å²) in [6.45, 7) is 0.603. The van der Waals surface area contributed by atoms with E-state index in [0.717, 1.165) is 25.7 Å². The van der Waals surface area contributed by atoms with Gasteiger partial charge in [-0.3, -0.25) is 4.79 Å². The van der Waals surface area contributed by atoms with Crippen molar-refractivity contribution in [1.82, 2.24) is 5.32 Å². The van der Waals surface area contributed by atoms with Crippen molar-refractivity contribution in [2.45, 2.75) is 50.5 Å². The average Bonchev–Trinajstić information content (AvgIpc) is 2.63. The molecule has 14 heavy (non-hydrogen) atoms. The van der Waals surface area contributed by atoms with Crippen molar-refractivity contribution in [3.63, 3.8) is 0 Å². The minimum absolute atomic E-state index is 0.0281. The van der Waals surface area contributed by atoms with Gasteiger partial charge in [0.25, 0.3) is 0 Å². The minimum atomic E-state index is -0.0281. The van der Waals surface area contributed by atoms with Crippen LogP contribution in [0.5, 0.6) is 0 Å². The summed E-state index contributed by atoms with van der Waals surface area (Å²) in [5, 5.41) is 3.16. The molecule has 0 spiro atoms. The number of rotatable bonds is 3. The number of nitrogens with one attached hydrogen (secondary N) is 1. The molecule has 0 bridgehead atoms. The number of carbonyl (C=O) groups excluding carboxylic acids is 1. The fourth-order valence-corrected chi connectivity index (χ4v) is 2.54. The molecule has 3 nitrogen and oxygen atoms in total.